The van der Waals surface area contributed by atoms with Gasteiger partial charge in [0.1, 0.15) is 17.1 Å². The van der Waals surface area contributed by atoms with E-state index in [9.17, 15) is 4.79 Å². The predicted molar refractivity (Wildman–Crippen MR) is 115 cm³/mol. The Hall–Kier alpha value is -2.69. The number of benzene rings is 2. The molecular weight excluding hydrogens is 364 g/mol. The van der Waals surface area contributed by atoms with Crippen molar-refractivity contribution in [2.75, 3.05) is 31.1 Å². The molecule has 1 spiro atoms. The van der Waals surface area contributed by atoms with E-state index >= 15 is 0 Å². The summed E-state index contributed by atoms with van der Waals surface area (Å²) in [5.41, 5.74) is 2.12. The van der Waals surface area contributed by atoms with Crippen LogP contribution in [-0.2, 0) is 11.3 Å². The zero-order valence-corrected chi connectivity index (χ0v) is 17.4. The second-order valence-corrected chi connectivity index (χ2v) is 7.97. The molecule has 0 saturated carbocycles. The average Bonchev–Trinajstić information content (AvgIpc) is 2.87. The molecule has 2 aromatic rings. The van der Waals surface area contributed by atoms with Crippen molar-refractivity contribution in [3.05, 3.63) is 54.1 Å². The second kappa shape index (κ2) is 8.36. The lowest BCUT2D eigenvalue weighted by Crippen LogP contribution is -2.49. The lowest BCUT2D eigenvalue weighted by atomic mass is 9.87. The smallest absolute Gasteiger partial charge is 0.219 e. The number of fused-ring (bicyclic) bond motifs is 1. The number of anilines is 1. The molecule has 1 saturated heterocycles. The number of carbonyl (C=O) groups is 1. The number of ether oxygens (including phenoxy) is 2. The Morgan fingerprint density at radius 1 is 1.03 bits per heavy atom. The van der Waals surface area contributed by atoms with Crippen molar-refractivity contribution in [2.45, 2.75) is 45.3 Å². The van der Waals surface area contributed by atoms with Gasteiger partial charge in [-0.15, -0.1) is 0 Å². The lowest BCUT2D eigenvalue weighted by Gasteiger charge is -2.41. The van der Waals surface area contributed by atoms with Gasteiger partial charge in [-0.05, 0) is 25.1 Å². The number of piperidine rings is 1. The number of amides is 1. The maximum absolute atomic E-state index is 11.7. The van der Waals surface area contributed by atoms with Gasteiger partial charge >= 0.3 is 0 Å². The summed E-state index contributed by atoms with van der Waals surface area (Å²) in [6.07, 6.45) is 2.71. The van der Waals surface area contributed by atoms with Gasteiger partial charge in [0.15, 0.2) is 0 Å². The van der Waals surface area contributed by atoms with E-state index in [0.29, 0.717) is 6.61 Å². The van der Waals surface area contributed by atoms with Gasteiger partial charge in [0.05, 0.1) is 12.3 Å². The SMILES string of the molecule is CCOc1ccccc1CN1CCC2(CCN(C(C)=O)CC2)Oc2ccccc21. The van der Waals surface area contributed by atoms with Crippen molar-refractivity contribution in [3.63, 3.8) is 0 Å². The van der Waals surface area contributed by atoms with Crippen LogP contribution >= 0.6 is 0 Å². The van der Waals surface area contributed by atoms with Crippen LogP contribution in [0.25, 0.3) is 0 Å². The van der Waals surface area contributed by atoms with Crippen molar-refractivity contribution in [3.8, 4) is 11.5 Å². The van der Waals surface area contributed by atoms with Gasteiger partial charge < -0.3 is 19.3 Å². The van der Waals surface area contributed by atoms with E-state index in [1.165, 1.54) is 5.56 Å². The molecule has 2 aromatic carbocycles. The molecule has 154 valence electrons. The highest BCUT2D eigenvalue weighted by Crippen LogP contribution is 2.41. The van der Waals surface area contributed by atoms with Crippen LogP contribution in [0.15, 0.2) is 48.5 Å². The highest BCUT2D eigenvalue weighted by atomic mass is 16.5. The molecule has 2 aliphatic heterocycles. The molecule has 29 heavy (non-hydrogen) atoms. The van der Waals surface area contributed by atoms with Gasteiger partial charge in [0, 0.05) is 57.9 Å². The summed E-state index contributed by atoms with van der Waals surface area (Å²) < 4.78 is 12.5. The third-order valence-corrected chi connectivity index (χ3v) is 6.12. The minimum atomic E-state index is -0.198. The summed E-state index contributed by atoms with van der Waals surface area (Å²) in [4.78, 5) is 16.1. The van der Waals surface area contributed by atoms with Crippen LogP contribution in [0.2, 0.25) is 0 Å². The Kier molecular flexibility index (Phi) is 5.65. The van der Waals surface area contributed by atoms with Gasteiger partial charge in [-0.25, -0.2) is 0 Å². The fourth-order valence-electron chi connectivity index (χ4n) is 4.43. The molecule has 0 unspecified atom stereocenters. The van der Waals surface area contributed by atoms with Crippen LogP contribution < -0.4 is 14.4 Å². The summed E-state index contributed by atoms with van der Waals surface area (Å²) in [7, 11) is 0. The number of carbonyl (C=O) groups excluding carboxylic acids is 1. The molecule has 1 amide bonds. The zero-order valence-electron chi connectivity index (χ0n) is 17.4. The van der Waals surface area contributed by atoms with Gasteiger partial charge in [-0.2, -0.15) is 0 Å². The number of para-hydroxylation sites is 3. The maximum Gasteiger partial charge on any atom is 0.219 e. The molecule has 2 heterocycles. The monoisotopic (exact) mass is 394 g/mol. The normalized spacial score (nSPS) is 18.0. The van der Waals surface area contributed by atoms with E-state index < -0.39 is 0 Å². The molecule has 5 heteroatoms. The van der Waals surface area contributed by atoms with E-state index in [4.69, 9.17) is 9.47 Å². The molecule has 1 fully saturated rings. The zero-order chi connectivity index (χ0) is 20.3. The fourth-order valence-corrected chi connectivity index (χ4v) is 4.43. The Balaban J connectivity index is 1.58. The average molecular weight is 395 g/mol. The first-order valence-electron chi connectivity index (χ1n) is 10.6. The van der Waals surface area contributed by atoms with Crippen LogP contribution in [-0.4, -0.2) is 42.6 Å². The summed E-state index contributed by atoms with van der Waals surface area (Å²) in [6.45, 7) is 7.56. The maximum atomic E-state index is 11.7. The summed E-state index contributed by atoms with van der Waals surface area (Å²) in [6, 6.07) is 16.6. The third kappa shape index (κ3) is 4.19. The number of hydrogen-bond acceptors (Lipinski definition) is 4. The molecule has 2 aliphatic rings. The van der Waals surface area contributed by atoms with Gasteiger partial charge in [-0.1, -0.05) is 30.3 Å². The fraction of sp³-hybridized carbons (Fsp3) is 0.458. The molecule has 5 nitrogen and oxygen atoms in total. The first kappa shape index (κ1) is 19.6. The number of rotatable bonds is 4. The predicted octanol–water partition coefficient (Wildman–Crippen LogP) is 4.26. The molecule has 0 bridgehead atoms. The Labute approximate surface area is 173 Å². The van der Waals surface area contributed by atoms with E-state index in [1.807, 2.05) is 30.0 Å². The largest absolute Gasteiger partial charge is 0.494 e. The van der Waals surface area contributed by atoms with Gasteiger partial charge in [-0.3, -0.25) is 4.79 Å². The van der Waals surface area contributed by atoms with Crippen molar-refractivity contribution in [1.29, 1.82) is 0 Å². The van der Waals surface area contributed by atoms with Gasteiger partial charge in [0.2, 0.25) is 5.91 Å². The number of nitrogens with zero attached hydrogens (tertiary/aromatic N) is 2. The highest BCUT2D eigenvalue weighted by Gasteiger charge is 2.40. The lowest BCUT2D eigenvalue weighted by molar-refractivity contribution is -0.132. The first-order chi connectivity index (χ1) is 14.1. The van der Waals surface area contributed by atoms with Gasteiger partial charge in [0.25, 0.3) is 0 Å². The van der Waals surface area contributed by atoms with Crippen LogP contribution in [0.4, 0.5) is 5.69 Å². The molecule has 0 aliphatic carbocycles. The third-order valence-electron chi connectivity index (χ3n) is 6.12. The van der Waals surface area contributed by atoms with Crippen molar-refractivity contribution < 1.29 is 14.3 Å². The second-order valence-electron chi connectivity index (χ2n) is 7.97. The summed E-state index contributed by atoms with van der Waals surface area (Å²) in [5.74, 6) is 2.04. The van der Waals surface area contributed by atoms with Crippen LogP contribution in [0.3, 0.4) is 0 Å². The molecule has 0 radical (unpaired) electrons. The Morgan fingerprint density at radius 3 is 2.48 bits per heavy atom. The first-order valence-corrected chi connectivity index (χ1v) is 10.6. The van der Waals surface area contributed by atoms with Crippen molar-refractivity contribution in [2.24, 2.45) is 0 Å². The summed E-state index contributed by atoms with van der Waals surface area (Å²) in [5, 5.41) is 0. The van der Waals surface area contributed by atoms with Crippen LogP contribution in [0.1, 0.15) is 38.7 Å². The minimum Gasteiger partial charge on any atom is -0.494 e. The molecular formula is C24H30N2O3. The summed E-state index contributed by atoms with van der Waals surface area (Å²) >= 11 is 0. The molecule has 0 aromatic heterocycles. The number of hydrogen-bond donors (Lipinski definition) is 0. The quantitative estimate of drug-likeness (QED) is 0.777. The minimum absolute atomic E-state index is 0.156. The molecule has 0 atom stereocenters. The van der Waals surface area contributed by atoms with Crippen LogP contribution in [0, 0.1) is 0 Å². The van der Waals surface area contributed by atoms with E-state index in [-0.39, 0.29) is 11.5 Å². The Bertz CT molecular complexity index is 859. The van der Waals surface area contributed by atoms with Crippen molar-refractivity contribution >= 4 is 11.6 Å². The highest BCUT2D eigenvalue weighted by molar-refractivity contribution is 5.73. The number of likely N-dealkylation sites (tertiary alicyclic amines) is 1. The van der Waals surface area contributed by atoms with E-state index in [2.05, 4.69) is 35.2 Å². The van der Waals surface area contributed by atoms with E-state index in [1.54, 1.807) is 6.92 Å². The Morgan fingerprint density at radius 2 is 1.72 bits per heavy atom. The molecule has 4 rings (SSSR count). The molecule has 0 N–H and O–H groups in total. The van der Waals surface area contributed by atoms with E-state index in [0.717, 1.165) is 62.6 Å². The topological polar surface area (TPSA) is 42.0 Å². The van der Waals surface area contributed by atoms with Crippen molar-refractivity contribution in [1.82, 2.24) is 4.90 Å². The van der Waals surface area contributed by atoms with Crippen LogP contribution in [0.5, 0.6) is 11.5 Å². The standard InChI is InChI=1S/C24H30N2O3/c1-3-28-22-10-6-4-8-20(22)18-26-17-14-24(12-15-25(16-13-24)19(2)27)29-23-11-7-5-9-21(23)26/h4-11H,3,12-18H2,1-2H3.